The van der Waals surface area contributed by atoms with Crippen molar-refractivity contribution in [3.05, 3.63) is 76.9 Å². The minimum Gasteiger partial charge on any atom is -0.376 e. The van der Waals surface area contributed by atoms with Gasteiger partial charge in [0, 0.05) is 29.5 Å². The minimum atomic E-state index is -0.434. The van der Waals surface area contributed by atoms with Crippen molar-refractivity contribution < 1.29 is 9.72 Å². The average Bonchev–Trinajstić information content (AvgIpc) is 2.59. The molecule has 2 aromatic rings. The topological polar surface area (TPSA) is 75.5 Å². The lowest BCUT2D eigenvalue weighted by Crippen LogP contribution is -2.35. The van der Waals surface area contributed by atoms with Gasteiger partial charge in [-0.25, -0.2) is 0 Å². The number of hydrogen-bond acceptors (Lipinski definition) is 4. The molecule has 0 aromatic heterocycles. The Balaban J connectivity index is 2.13. The number of para-hydroxylation sites is 1. The first kappa shape index (κ1) is 17.2. The summed E-state index contributed by atoms with van der Waals surface area (Å²) in [5.41, 5.74) is 1.88. The van der Waals surface area contributed by atoms with Crippen LogP contribution in [0.3, 0.4) is 0 Å². The molecule has 0 aliphatic rings. The van der Waals surface area contributed by atoms with E-state index >= 15 is 0 Å². The molecule has 0 fully saturated rings. The molecular weight excluding hydrogens is 306 g/mol. The summed E-state index contributed by atoms with van der Waals surface area (Å²) in [7, 11) is 0. The van der Waals surface area contributed by atoms with E-state index in [0.717, 1.165) is 5.69 Å². The summed E-state index contributed by atoms with van der Waals surface area (Å²) in [5.74, 6) is -0.146. The van der Waals surface area contributed by atoms with E-state index in [9.17, 15) is 14.9 Å². The zero-order valence-corrected chi connectivity index (χ0v) is 13.4. The first-order valence-electron chi connectivity index (χ1n) is 7.48. The van der Waals surface area contributed by atoms with Gasteiger partial charge in [0.15, 0.2) is 0 Å². The van der Waals surface area contributed by atoms with E-state index in [1.54, 1.807) is 30.0 Å². The SMILES string of the molecule is C=CCN(C(=O)CNc1cccc([N+](=O)[O-])c1C)c1ccccc1. The Morgan fingerprint density at radius 2 is 1.96 bits per heavy atom. The van der Waals surface area contributed by atoms with E-state index in [-0.39, 0.29) is 18.1 Å². The summed E-state index contributed by atoms with van der Waals surface area (Å²) in [4.78, 5) is 24.7. The zero-order chi connectivity index (χ0) is 17.5. The normalized spacial score (nSPS) is 10.0. The number of amides is 1. The lowest BCUT2D eigenvalue weighted by atomic mass is 10.1. The van der Waals surface area contributed by atoms with Gasteiger partial charge in [0.25, 0.3) is 5.69 Å². The molecule has 1 amide bonds. The Morgan fingerprint density at radius 1 is 1.25 bits per heavy atom. The summed E-state index contributed by atoms with van der Waals surface area (Å²) in [6, 6.07) is 14.0. The van der Waals surface area contributed by atoms with Gasteiger partial charge in [-0.15, -0.1) is 6.58 Å². The number of carbonyl (C=O) groups excluding carboxylic acids is 1. The third-order valence-electron chi connectivity index (χ3n) is 3.61. The molecule has 1 N–H and O–H groups in total. The predicted octanol–water partition coefficient (Wildman–Crippen LogP) is 3.53. The van der Waals surface area contributed by atoms with Gasteiger partial charge >= 0.3 is 0 Å². The number of nitrogens with zero attached hydrogens (tertiary/aromatic N) is 2. The summed E-state index contributed by atoms with van der Waals surface area (Å²) >= 11 is 0. The van der Waals surface area contributed by atoms with Crippen molar-refractivity contribution in [1.29, 1.82) is 0 Å². The maximum Gasteiger partial charge on any atom is 0.274 e. The predicted molar refractivity (Wildman–Crippen MR) is 95.3 cm³/mol. The van der Waals surface area contributed by atoms with Gasteiger partial charge in [0.2, 0.25) is 5.91 Å². The van der Waals surface area contributed by atoms with Crippen molar-refractivity contribution in [2.24, 2.45) is 0 Å². The van der Waals surface area contributed by atoms with Gasteiger partial charge in [-0.3, -0.25) is 14.9 Å². The first-order chi connectivity index (χ1) is 11.5. The second-order valence-electron chi connectivity index (χ2n) is 5.19. The second-order valence-corrected chi connectivity index (χ2v) is 5.19. The lowest BCUT2D eigenvalue weighted by Gasteiger charge is -2.22. The van der Waals surface area contributed by atoms with E-state index in [1.165, 1.54) is 6.07 Å². The number of nitro groups is 1. The molecule has 6 nitrogen and oxygen atoms in total. The van der Waals surface area contributed by atoms with Crippen molar-refractivity contribution in [3.8, 4) is 0 Å². The molecule has 0 aliphatic heterocycles. The van der Waals surface area contributed by atoms with Crippen molar-refractivity contribution in [2.75, 3.05) is 23.3 Å². The maximum atomic E-state index is 12.5. The van der Waals surface area contributed by atoms with Crippen LogP contribution in [-0.2, 0) is 4.79 Å². The van der Waals surface area contributed by atoms with Crippen molar-refractivity contribution >= 4 is 23.0 Å². The highest BCUT2D eigenvalue weighted by Gasteiger charge is 2.16. The molecule has 0 atom stereocenters. The number of carbonyl (C=O) groups is 1. The Hall–Kier alpha value is -3.15. The molecule has 0 radical (unpaired) electrons. The molecule has 2 rings (SSSR count). The Bertz CT molecular complexity index is 744. The van der Waals surface area contributed by atoms with Crippen molar-refractivity contribution in [2.45, 2.75) is 6.92 Å². The van der Waals surface area contributed by atoms with Crippen LogP contribution in [0.15, 0.2) is 61.2 Å². The Morgan fingerprint density at radius 3 is 2.58 bits per heavy atom. The third kappa shape index (κ3) is 3.98. The van der Waals surface area contributed by atoms with E-state index in [2.05, 4.69) is 11.9 Å². The largest absolute Gasteiger partial charge is 0.376 e. The quantitative estimate of drug-likeness (QED) is 0.480. The molecule has 0 heterocycles. The van der Waals surface area contributed by atoms with Gasteiger partial charge < -0.3 is 10.2 Å². The maximum absolute atomic E-state index is 12.5. The molecule has 124 valence electrons. The smallest absolute Gasteiger partial charge is 0.274 e. The first-order valence-corrected chi connectivity index (χ1v) is 7.48. The van der Waals surface area contributed by atoms with Crippen LogP contribution in [0, 0.1) is 17.0 Å². The fourth-order valence-electron chi connectivity index (χ4n) is 2.37. The van der Waals surface area contributed by atoms with Gasteiger partial charge in [0.1, 0.15) is 0 Å². The molecule has 24 heavy (non-hydrogen) atoms. The molecule has 0 bridgehead atoms. The Kier molecular flexibility index (Phi) is 5.68. The lowest BCUT2D eigenvalue weighted by molar-refractivity contribution is -0.385. The van der Waals surface area contributed by atoms with Crippen molar-refractivity contribution in [1.82, 2.24) is 0 Å². The molecule has 0 spiro atoms. The summed E-state index contributed by atoms with van der Waals surface area (Å²) in [6.07, 6.45) is 1.66. The summed E-state index contributed by atoms with van der Waals surface area (Å²) in [5, 5.41) is 14.0. The van der Waals surface area contributed by atoms with Crippen molar-refractivity contribution in [3.63, 3.8) is 0 Å². The van der Waals surface area contributed by atoms with E-state index < -0.39 is 4.92 Å². The van der Waals surface area contributed by atoms with Crippen LogP contribution in [0.25, 0.3) is 0 Å². The van der Waals surface area contributed by atoms with Crippen LogP contribution in [0.4, 0.5) is 17.1 Å². The van der Waals surface area contributed by atoms with Crippen LogP contribution in [0.2, 0.25) is 0 Å². The van der Waals surface area contributed by atoms with Crippen LogP contribution in [0.5, 0.6) is 0 Å². The van der Waals surface area contributed by atoms with Gasteiger partial charge in [-0.05, 0) is 25.1 Å². The minimum absolute atomic E-state index is 0.0263. The van der Waals surface area contributed by atoms with E-state index in [1.807, 2.05) is 30.3 Å². The highest BCUT2D eigenvalue weighted by molar-refractivity contribution is 5.96. The zero-order valence-electron chi connectivity index (χ0n) is 13.4. The monoisotopic (exact) mass is 325 g/mol. The van der Waals surface area contributed by atoms with E-state index in [4.69, 9.17) is 0 Å². The molecule has 6 heteroatoms. The fourth-order valence-corrected chi connectivity index (χ4v) is 2.37. The number of nitrogens with one attached hydrogen (secondary N) is 1. The van der Waals surface area contributed by atoms with Gasteiger partial charge in [-0.1, -0.05) is 30.3 Å². The number of benzene rings is 2. The molecule has 0 saturated carbocycles. The van der Waals surface area contributed by atoms with Gasteiger partial charge in [-0.2, -0.15) is 0 Å². The molecule has 2 aromatic carbocycles. The number of nitro benzene ring substituents is 1. The van der Waals surface area contributed by atoms with Crippen LogP contribution in [-0.4, -0.2) is 23.9 Å². The van der Waals surface area contributed by atoms with Crippen LogP contribution in [0.1, 0.15) is 5.56 Å². The standard InChI is InChI=1S/C18H19N3O3/c1-3-12-20(15-8-5-4-6-9-15)18(22)13-19-16-10-7-11-17(14(16)2)21(23)24/h3-11,19H,1,12-13H2,2H3. The van der Waals surface area contributed by atoms with Crippen LogP contribution < -0.4 is 10.2 Å². The highest BCUT2D eigenvalue weighted by atomic mass is 16.6. The molecule has 0 unspecified atom stereocenters. The molecule has 0 saturated heterocycles. The molecule has 0 aliphatic carbocycles. The van der Waals surface area contributed by atoms with Gasteiger partial charge in [0.05, 0.1) is 11.5 Å². The third-order valence-corrected chi connectivity index (χ3v) is 3.61. The van der Waals surface area contributed by atoms with Crippen LogP contribution >= 0.6 is 0 Å². The second kappa shape index (κ2) is 7.92. The summed E-state index contributed by atoms with van der Waals surface area (Å²) < 4.78 is 0. The fraction of sp³-hybridized carbons (Fsp3) is 0.167. The average molecular weight is 325 g/mol. The Labute approximate surface area is 140 Å². The summed E-state index contributed by atoms with van der Waals surface area (Å²) in [6.45, 7) is 5.76. The number of rotatable bonds is 7. The highest BCUT2D eigenvalue weighted by Crippen LogP contribution is 2.25. The number of anilines is 2. The van der Waals surface area contributed by atoms with E-state index in [0.29, 0.717) is 17.8 Å². The number of hydrogen-bond donors (Lipinski definition) is 1. The molecular formula is C18H19N3O3.